The standard InChI is InChI=1S/C10H13N7OS/c1-2-5-18-9-14-8(17-11)15-10(16-9)19-7-6-12-3-4-13-7/h3-4,6H,2,5,11H2,1H3,(H,14,15,16,17). The third-order valence-corrected chi connectivity index (χ3v) is 2.68. The maximum Gasteiger partial charge on any atom is 0.322 e. The highest BCUT2D eigenvalue weighted by molar-refractivity contribution is 7.99. The van der Waals surface area contributed by atoms with Crippen molar-refractivity contribution in [1.29, 1.82) is 0 Å². The van der Waals surface area contributed by atoms with E-state index in [4.69, 9.17) is 10.6 Å². The van der Waals surface area contributed by atoms with Crippen LogP contribution in [0.5, 0.6) is 6.01 Å². The highest BCUT2D eigenvalue weighted by Crippen LogP contribution is 2.23. The van der Waals surface area contributed by atoms with E-state index in [0.717, 1.165) is 6.42 Å². The number of nitrogen functional groups attached to an aromatic ring is 1. The number of nitrogens with one attached hydrogen (secondary N) is 1. The van der Waals surface area contributed by atoms with Gasteiger partial charge in [0.05, 0.1) is 12.8 Å². The maximum absolute atomic E-state index is 5.37. The summed E-state index contributed by atoms with van der Waals surface area (Å²) in [6, 6.07) is 0.233. The highest BCUT2D eigenvalue weighted by Gasteiger charge is 2.09. The molecule has 8 nitrogen and oxygen atoms in total. The van der Waals surface area contributed by atoms with Gasteiger partial charge in [0.25, 0.3) is 0 Å². The molecule has 9 heteroatoms. The number of nitrogens with two attached hydrogens (primary N) is 1. The Bertz CT molecular complexity index is 525. The molecule has 0 radical (unpaired) electrons. The molecule has 2 aromatic rings. The van der Waals surface area contributed by atoms with Crippen molar-refractivity contribution in [3.8, 4) is 6.01 Å². The van der Waals surface area contributed by atoms with Gasteiger partial charge in [-0.15, -0.1) is 0 Å². The zero-order valence-corrected chi connectivity index (χ0v) is 11.1. The lowest BCUT2D eigenvalue weighted by Crippen LogP contribution is -2.13. The van der Waals surface area contributed by atoms with Crippen LogP contribution in [0.25, 0.3) is 0 Å². The van der Waals surface area contributed by atoms with Crippen LogP contribution in [0.1, 0.15) is 13.3 Å². The Balaban J connectivity index is 2.19. The number of hydrogen-bond donors (Lipinski definition) is 2. The second kappa shape index (κ2) is 6.81. The van der Waals surface area contributed by atoms with Crippen LogP contribution in [0.2, 0.25) is 0 Å². The lowest BCUT2D eigenvalue weighted by atomic mass is 10.5. The van der Waals surface area contributed by atoms with Crippen LogP contribution >= 0.6 is 11.8 Å². The third-order valence-electron chi connectivity index (χ3n) is 1.89. The molecule has 0 spiro atoms. The normalized spacial score (nSPS) is 10.2. The van der Waals surface area contributed by atoms with E-state index in [1.54, 1.807) is 18.6 Å². The average Bonchev–Trinajstić information content (AvgIpc) is 2.46. The SMILES string of the molecule is CCCOc1nc(NN)nc(Sc2cnccn2)n1. The smallest absolute Gasteiger partial charge is 0.322 e. The van der Waals surface area contributed by atoms with Gasteiger partial charge in [-0.2, -0.15) is 15.0 Å². The Labute approximate surface area is 114 Å². The fourth-order valence-corrected chi connectivity index (χ4v) is 1.81. The minimum Gasteiger partial charge on any atom is -0.463 e. The molecule has 0 fully saturated rings. The summed E-state index contributed by atoms with van der Waals surface area (Å²) in [6.07, 6.45) is 5.68. The van der Waals surface area contributed by atoms with Gasteiger partial charge >= 0.3 is 6.01 Å². The first kappa shape index (κ1) is 13.4. The molecule has 0 atom stereocenters. The molecule has 0 bridgehead atoms. The number of ether oxygens (including phenoxy) is 1. The molecule has 2 rings (SSSR count). The van der Waals surface area contributed by atoms with Crippen molar-refractivity contribution in [2.45, 2.75) is 23.5 Å². The fourth-order valence-electron chi connectivity index (χ4n) is 1.14. The molecule has 3 N–H and O–H groups in total. The van der Waals surface area contributed by atoms with Gasteiger partial charge < -0.3 is 4.74 Å². The molecule has 2 aromatic heterocycles. The average molecular weight is 279 g/mol. The topological polar surface area (TPSA) is 112 Å². The first-order valence-electron chi connectivity index (χ1n) is 5.61. The van der Waals surface area contributed by atoms with Gasteiger partial charge in [0.1, 0.15) is 5.03 Å². The molecular weight excluding hydrogens is 266 g/mol. The van der Waals surface area contributed by atoms with Crippen LogP contribution in [0.4, 0.5) is 5.95 Å². The largest absolute Gasteiger partial charge is 0.463 e. The van der Waals surface area contributed by atoms with Crippen LogP contribution in [0.3, 0.4) is 0 Å². The first-order valence-corrected chi connectivity index (χ1v) is 6.43. The lowest BCUT2D eigenvalue weighted by molar-refractivity contribution is 0.288. The van der Waals surface area contributed by atoms with Crippen molar-refractivity contribution < 1.29 is 4.74 Å². The number of hydrogen-bond acceptors (Lipinski definition) is 9. The van der Waals surface area contributed by atoms with E-state index in [0.29, 0.717) is 16.8 Å². The van der Waals surface area contributed by atoms with Crippen LogP contribution in [-0.4, -0.2) is 31.5 Å². The van der Waals surface area contributed by atoms with Crippen LogP contribution in [-0.2, 0) is 0 Å². The van der Waals surface area contributed by atoms with Crippen molar-refractivity contribution in [1.82, 2.24) is 24.9 Å². The predicted molar refractivity (Wildman–Crippen MR) is 69.6 cm³/mol. The number of nitrogens with zero attached hydrogens (tertiary/aromatic N) is 5. The summed E-state index contributed by atoms with van der Waals surface area (Å²) in [4.78, 5) is 20.4. The molecule has 0 aliphatic carbocycles. The summed E-state index contributed by atoms with van der Waals surface area (Å²) in [6.45, 7) is 2.53. The molecule has 0 unspecified atom stereocenters. The summed E-state index contributed by atoms with van der Waals surface area (Å²) in [5.74, 6) is 5.56. The summed E-state index contributed by atoms with van der Waals surface area (Å²) < 4.78 is 5.37. The Kier molecular flexibility index (Phi) is 4.81. The zero-order chi connectivity index (χ0) is 13.5. The molecule has 0 saturated carbocycles. The number of aromatic nitrogens is 5. The molecule has 0 amide bonds. The molecule has 0 aromatic carbocycles. The maximum atomic E-state index is 5.37. The Morgan fingerprint density at radius 3 is 2.89 bits per heavy atom. The van der Waals surface area contributed by atoms with E-state index in [1.807, 2.05) is 6.92 Å². The van der Waals surface area contributed by atoms with Crippen LogP contribution in [0, 0.1) is 0 Å². The number of hydrazine groups is 1. The van der Waals surface area contributed by atoms with Crippen LogP contribution in [0.15, 0.2) is 28.8 Å². The second-order valence-electron chi connectivity index (χ2n) is 3.36. The van der Waals surface area contributed by atoms with Gasteiger partial charge in [0.15, 0.2) is 0 Å². The summed E-state index contributed by atoms with van der Waals surface area (Å²) in [7, 11) is 0. The Hall–Kier alpha value is -2.00. The van der Waals surface area contributed by atoms with Gasteiger partial charge in [0.2, 0.25) is 11.1 Å². The molecular formula is C10H13N7OS. The second-order valence-corrected chi connectivity index (χ2v) is 4.35. The zero-order valence-electron chi connectivity index (χ0n) is 10.3. The van der Waals surface area contributed by atoms with Crippen molar-refractivity contribution in [2.24, 2.45) is 5.84 Å². The van der Waals surface area contributed by atoms with Gasteiger partial charge in [-0.05, 0) is 18.2 Å². The van der Waals surface area contributed by atoms with E-state index >= 15 is 0 Å². The molecule has 0 aliphatic rings. The first-order chi connectivity index (χ1) is 9.31. The lowest BCUT2D eigenvalue weighted by Gasteiger charge is -2.06. The summed E-state index contributed by atoms with van der Waals surface area (Å²) >= 11 is 1.25. The van der Waals surface area contributed by atoms with E-state index in [1.165, 1.54) is 11.8 Å². The van der Waals surface area contributed by atoms with Gasteiger partial charge in [-0.25, -0.2) is 10.8 Å². The molecule has 0 aliphatic heterocycles. The third kappa shape index (κ3) is 4.00. The quantitative estimate of drug-likeness (QED) is 0.587. The molecule has 2 heterocycles. The number of anilines is 1. The fraction of sp³-hybridized carbons (Fsp3) is 0.300. The van der Waals surface area contributed by atoms with Crippen LogP contribution < -0.4 is 16.0 Å². The van der Waals surface area contributed by atoms with Crippen molar-refractivity contribution in [3.63, 3.8) is 0 Å². The Morgan fingerprint density at radius 1 is 1.32 bits per heavy atom. The predicted octanol–water partition coefficient (Wildman–Crippen LogP) is 0.887. The van der Waals surface area contributed by atoms with Crippen molar-refractivity contribution in [2.75, 3.05) is 12.0 Å². The van der Waals surface area contributed by atoms with E-state index in [2.05, 4.69) is 30.3 Å². The summed E-state index contributed by atoms with van der Waals surface area (Å²) in [5, 5.41) is 1.12. The van der Waals surface area contributed by atoms with E-state index in [-0.39, 0.29) is 12.0 Å². The minimum absolute atomic E-state index is 0.233. The van der Waals surface area contributed by atoms with Gasteiger partial charge in [0, 0.05) is 12.4 Å². The summed E-state index contributed by atoms with van der Waals surface area (Å²) in [5.41, 5.74) is 2.38. The monoisotopic (exact) mass is 279 g/mol. The van der Waals surface area contributed by atoms with Gasteiger partial charge in [-0.1, -0.05) is 6.92 Å². The van der Waals surface area contributed by atoms with Crippen molar-refractivity contribution >= 4 is 17.7 Å². The molecule has 100 valence electrons. The Morgan fingerprint density at radius 2 is 2.21 bits per heavy atom. The number of rotatable bonds is 6. The van der Waals surface area contributed by atoms with E-state index < -0.39 is 0 Å². The van der Waals surface area contributed by atoms with Crippen molar-refractivity contribution in [3.05, 3.63) is 18.6 Å². The van der Waals surface area contributed by atoms with E-state index in [9.17, 15) is 0 Å². The highest BCUT2D eigenvalue weighted by atomic mass is 32.2. The molecule has 19 heavy (non-hydrogen) atoms. The minimum atomic E-state index is 0.233. The molecule has 0 saturated heterocycles. The van der Waals surface area contributed by atoms with Gasteiger partial charge in [-0.3, -0.25) is 10.4 Å².